The minimum absolute atomic E-state index is 0.0454. The van der Waals surface area contributed by atoms with Crippen molar-refractivity contribution in [3.63, 3.8) is 0 Å². The van der Waals surface area contributed by atoms with Crippen LogP contribution in [-0.2, 0) is 4.74 Å². The Morgan fingerprint density at radius 1 is 1.39 bits per heavy atom. The minimum Gasteiger partial charge on any atom is -0.394 e. The summed E-state index contributed by atoms with van der Waals surface area (Å²) < 4.78 is 5.15. The lowest BCUT2D eigenvalue weighted by molar-refractivity contribution is 0.0922. The molecule has 0 aliphatic carbocycles. The predicted molar refractivity (Wildman–Crippen MR) is 67.7 cm³/mol. The highest BCUT2D eigenvalue weighted by Crippen LogP contribution is 2.18. The van der Waals surface area contributed by atoms with Gasteiger partial charge in [-0.05, 0) is 18.0 Å². The molecular weight excluding hydrogens is 258 g/mol. The lowest BCUT2D eigenvalue weighted by atomic mass is 10.4. The lowest BCUT2D eigenvalue weighted by Gasteiger charge is -2.06. The van der Waals surface area contributed by atoms with Gasteiger partial charge in [0.25, 0.3) is 0 Å². The summed E-state index contributed by atoms with van der Waals surface area (Å²) in [6.07, 6.45) is 2.35. The van der Waals surface area contributed by atoms with Crippen LogP contribution >= 0.6 is 11.6 Å². The Balaban J connectivity index is 1.89. The molecule has 8 heteroatoms. The first-order valence-corrected chi connectivity index (χ1v) is 5.98. The summed E-state index contributed by atoms with van der Waals surface area (Å²) in [6, 6.07) is 0. The molecule has 0 fully saturated rings. The van der Waals surface area contributed by atoms with Gasteiger partial charge in [0.15, 0.2) is 11.5 Å². The zero-order valence-electron chi connectivity index (χ0n) is 9.69. The average molecular weight is 272 g/mol. The number of aromatic amines is 1. The van der Waals surface area contributed by atoms with Gasteiger partial charge < -0.3 is 20.1 Å². The molecule has 2 aromatic heterocycles. The Bertz CT molecular complexity index is 504. The summed E-state index contributed by atoms with van der Waals surface area (Å²) in [5.74, 6) is 0.629. The molecule has 0 aromatic carbocycles. The van der Waals surface area contributed by atoms with Crippen LogP contribution in [0.4, 0.5) is 5.82 Å². The zero-order valence-corrected chi connectivity index (χ0v) is 10.4. The van der Waals surface area contributed by atoms with E-state index in [-0.39, 0.29) is 11.9 Å². The average Bonchev–Trinajstić information content (AvgIpc) is 2.81. The van der Waals surface area contributed by atoms with Gasteiger partial charge in [-0.3, -0.25) is 0 Å². The molecule has 0 saturated heterocycles. The standard InChI is InChI=1S/C10H14ClN5O2/c11-10-15-8(7-9(16-10)14-6-13-7)12-2-1-4-18-5-3-17/h6,17H,1-5H2,(H2,12,13,14,15,16). The van der Waals surface area contributed by atoms with E-state index >= 15 is 0 Å². The largest absolute Gasteiger partial charge is 0.394 e. The molecule has 2 rings (SSSR count). The van der Waals surface area contributed by atoms with E-state index < -0.39 is 0 Å². The molecular formula is C10H14ClN5O2. The van der Waals surface area contributed by atoms with Gasteiger partial charge in [-0.15, -0.1) is 0 Å². The first-order valence-electron chi connectivity index (χ1n) is 5.60. The normalized spacial score (nSPS) is 11.0. The van der Waals surface area contributed by atoms with E-state index in [0.717, 1.165) is 11.9 Å². The van der Waals surface area contributed by atoms with Crippen molar-refractivity contribution < 1.29 is 9.84 Å². The summed E-state index contributed by atoms with van der Waals surface area (Å²) in [5, 5.41) is 11.8. The number of aromatic nitrogens is 4. The number of aliphatic hydroxyl groups is 1. The molecule has 0 bridgehead atoms. The second-order valence-electron chi connectivity index (χ2n) is 3.56. The number of nitrogens with one attached hydrogen (secondary N) is 2. The number of imidazole rings is 1. The number of rotatable bonds is 7. The van der Waals surface area contributed by atoms with Crippen molar-refractivity contribution in [2.24, 2.45) is 0 Å². The summed E-state index contributed by atoms with van der Waals surface area (Å²) in [4.78, 5) is 15.1. The molecule has 2 aromatic rings. The zero-order chi connectivity index (χ0) is 12.8. The van der Waals surface area contributed by atoms with Crippen molar-refractivity contribution in [2.75, 3.05) is 31.7 Å². The molecule has 0 saturated carbocycles. The monoisotopic (exact) mass is 271 g/mol. The fourth-order valence-corrected chi connectivity index (χ4v) is 1.65. The Morgan fingerprint density at radius 3 is 3.11 bits per heavy atom. The van der Waals surface area contributed by atoms with Crippen molar-refractivity contribution >= 4 is 28.6 Å². The van der Waals surface area contributed by atoms with Gasteiger partial charge in [-0.2, -0.15) is 9.97 Å². The predicted octanol–water partition coefficient (Wildman–Crippen LogP) is 0.817. The number of H-pyrrole nitrogens is 1. The quantitative estimate of drug-likeness (QED) is 0.510. The maximum Gasteiger partial charge on any atom is 0.226 e. The van der Waals surface area contributed by atoms with Crippen LogP contribution in [-0.4, -0.2) is 51.4 Å². The molecule has 0 aliphatic rings. The Kier molecular flexibility index (Phi) is 4.68. The molecule has 18 heavy (non-hydrogen) atoms. The van der Waals surface area contributed by atoms with Crippen molar-refractivity contribution in [3.8, 4) is 0 Å². The van der Waals surface area contributed by atoms with Gasteiger partial charge in [-0.1, -0.05) is 0 Å². The fraction of sp³-hybridized carbons (Fsp3) is 0.500. The van der Waals surface area contributed by atoms with Gasteiger partial charge in [-0.25, -0.2) is 4.98 Å². The highest BCUT2D eigenvalue weighted by Gasteiger charge is 2.07. The van der Waals surface area contributed by atoms with Gasteiger partial charge in [0.1, 0.15) is 5.52 Å². The third-order valence-electron chi connectivity index (χ3n) is 2.25. The number of hydrogen-bond donors (Lipinski definition) is 3. The van der Waals surface area contributed by atoms with Crippen LogP contribution in [0.1, 0.15) is 6.42 Å². The molecule has 7 nitrogen and oxygen atoms in total. The molecule has 0 amide bonds. The lowest BCUT2D eigenvalue weighted by Crippen LogP contribution is -2.09. The second-order valence-corrected chi connectivity index (χ2v) is 3.90. The molecule has 0 atom stereocenters. The molecule has 0 radical (unpaired) electrons. The molecule has 98 valence electrons. The maximum atomic E-state index is 8.54. The second kappa shape index (κ2) is 6.48. The van der Waals surface area contributed by atoms with Gasteiger partial charge in [0.2, 0.25) is 5.28 Å². The molecule has 2 heterocycles. The fourth-order valence-electron chi connectivity index (χ4n) is 1.48. The minimum atomic E-state index is 0.0454. The Hall–Kier alpha value is -1.44. The molecule has 0 unspecified atom stereocenters. The molecule has 3 N–H and O–H groups in total. The smallest absolute Gasteiger partial charge is 0.226 e. The first kappa shape index (κ1) is 13.0. The van der Waals surface area contributed by atoms with Crippen LogP contribution in [0.5, 0.6) is 0 Å². The van der Waals surface area contributed by atoms with E-state index in [1.54, 1.807) is 6.33 Å². The summed E-state index contributed by atoms with van der Waals surface area (Å²) in [7, 11) is 0. The van der Waals surface area contributed by atoms with Crippen LogP contribution in [0.2, 0.25) is 5.28 Å². The van der Waals surface area contributed by atoms with E-state index in [1.165, 1.54) is 0 Å². The summed E-state index contributed by atoms with van der Waals surface area (Å²) in [5.41, 5.74) is 1.27. The van der Waals surface area contributed by atoms with Gasteiger partial charge in [0.05, 0.1) is 19.5 Å². The SMILES string of the molecule is OCCOCCCNc1nc(Cl)nc2nc[nH]c12. The summed E-state index contributed by atoms with van der Waals surface area (Å²) in [6.45, 7) is 1.68. The summed E-state index contributed by atoms with van der Waals surface area (Å²) >= 11 is 5.79. The highest BCUT2D eigenvalue weighted by molar-refractivity contribution is 6.28. The highest BCUT2D eigenvalue weighted by atomic mass is 35.5. The first-order chi connectivity index (χ1) is 8.81. The van der Waals surface area contributed by atoms with Crippen molar-refractivity contribution in [1.82, 2.24) is 19.9 Å². The number of hydrogen-bond acceptors (Lipinski definition) is 6. The van der Waals surface area contributed by atoms with Crippen LogP contribution in [0, 0.1) is 0 Å². The molecule has 0 spiro atoms. The topological polar surface area (TPSA) is 96.0 Å². The van der Waals surface area contributed by atoms with Gasteiger partial charge in [0, 0.05) is 13.2 Å². The number of nitrogens with zero attached hydrogens (tertiary/aromatic N) is 3. The Morgan fingerprint density at radius 2 is 2.28 bits per heavy atom. The number of aliphatic hydroxyl groups excluding tert-OH is 1. The van der Waals surface area contributed by atoms with E-state index in [9.17, 15) is 0 Å². The Labute approximate surface area is 109 Å². The number of ether oxygens (including phenoxy) is 1. The van der Waals surface area contributed by atoms with Crippen molar-refractivity contribution in [2.45, 2.75) is 6.42 Å². The van der Waals surface area contributed by atoms with E-state index in [0.29, 0.717) is 31.2 Å². The van der Waals surface area contributed by atoms with Crippen LogP contribution < -0.4 is 5.32 Å². The van der Waals surface area contributed by atoms with Crippen molar-refractivity contribution in [3.05, 3.63) is 11.6 Å². The molecule has 0 aliphatic heterocycles. The van der Waals surface area contributed by atoms with E-state index in [1.807, 2.05) is 0 Å². The van der Waals surface area contributed by atoms with Gasteiger partial charge >= 0.3 is 0 Å². The van der Waals surface area contributed by atoms with E-state index in [2.05, 4.69) is 25.3 Å². The third-order valence-corrected chi connectivity index (χ3v) is 2.42. The number of fused-ring (bicyclic) bond motifs is 1. The van der Waals surface area contributed by atoms with Crippen LogP contribution in [0.3, 0.4) is 0 Å². The number of halogens is 1. The van der Waals surface area contributed by atoms with Crippen LogP contribution in [0.15, 0.2) is 6.33 Å². The van der Waals surface area contributed by atoms with Crippen molar-refractivity contribution in [1.29, 1.82) is 0 Å². The van der Waals surface area contributed by atoms with Crippen LogP contribution in [0.25, 0.3) is 11.2 Å². The third kappa shape index (κ3) is 3.28. The number of anilines is 1. The van der Waals surface area contributed by atoms with E-state index in [4.69, 9.17) is 21.4 Å². The maximum absolute atomic E-state index is 8.54.